The lowest BCUT2D eigenvalue weighted by atomic mass is 9.83. The Morgan fingerprint density at radius 2 is 1.77 bits per heavy atom. The topological polar surface area (TPSA) is 121 Å². The highest BCUT2D eigenvalue weighted by Crippen LogP contribution is 2.42. The van der Waals surface area contributed by atoms with Gasteiger partial charge < -0.3 is 10.8 Å². The van der Waals surface area contributed by atoms with Gasteiger partial charge in [0.15, 0.2) is 11.6 Å². The molecule has 35 heavy (non-hydrogen) atoms. The quantitative estimate of drug-likeness (QED) is 0.346. The molecule has 0 aliphatic carbocycles. The van der Waals surface area contributed by atoms with Gasteiger partial charge >= 0.3 is 0 Å². The predicted molar refractivity (Wildman–Crippen MR) is 123 cm³/mol. The maximum atomic E-state index is 14.1. The second kappa shape index (κ2) is 10.5. The number of benzene rings is 1. The number of aryl methyl sites for hydroxylation is 1. The number of sulfonamides is 1. The number of aromatic nitrogens is 2. The smallest absolute Gasteiger partial charge is 0.215 e. The van der Waals surface area contributed by atoms with E-state index in [2.05, 4.69) is 15.3 Å². The number of aliphatic hydroxyl groups is 1. The lowest BCUT2D eigenvalue weighted by molar-refractivity contribution is 0.136. The zero-order chi connectivity index (χ0) is 25.3. The molecule has 2 aromatic rings. The van der Waals surface area contributed by atoms with Crippen LogP contribution in [-0.2, 0) is 16.4 Å². The summed E-state index contributed by atoms with van der Waals surface area (Å²) in [5.74, 6) is -3.46. The molecule has 4 N–H and O–H groups in total. The Morgan fingerprint density at radius 3 is 2.40 bits per heavy atom. The van der Waals surface area contributed by atoms with E-state index >= 15 is 0 Å². The van der Waals surface area contributed by atoms with Crippen LogP contribution < -0.4 is 11.1 Å². The summed E-state index contributed by atoms with van der Waals surface area (Å²) < 4.78 is 68.6. The first-order valence-electron chi connectivity index (χ1n) is 11.7. The number of hydrogen-bond donors (Lipinski definition) is 3. The van der Waals surface area contributed by atoms with Crippen molar-refractivity contribution >= 4 is 10.0 Å². The molecular weight excluding hydrogens is 483 g/mol. The van der Waals surface area contributed by atoms with E-state index in [4.69, 9.17) is 5.73 Å². The fraction of sp³-hybridized carbons (Fsp3) is 0.565. The summed E-state index contributed by atoms with van der Waals surface area (Å²) in [4.78, 5) is 8.14. The lowest BCUT2D eigenvalue weighted by Gasteiger charge is -2.40. The first kappa shape index (κ1) is 26.0. The Bertz CT molecular complexity index is 1140. The third-order valence-corrected chi connectivity index (χ3v) is 8.91. The molecule has 192 valence electrons. The van der Waals surface area contributed by atoms with Gasteiger partial charge in [-0.2, -0.15) is 4.31 Å². The van der Waals surface area contributed by atoms with Crippen LogP contribution in [0.25, 0.3) is 0 Å². The molecule has 0 spiro atoms. The van der Waals surface area contributed by atoms with E-state index in [0.29, 0.717) is 43.1 Å². The summed E-state index contributed by atoms with van der Waals surface area (Å²) in [5.41, 5.74) is 7.35. The van der Waals surface area contributed by atoms with Gasteiger partial charge in [0.25, 0.3) is 0 Å². The molecule has 2 fully saturated rings. The average molecular weight is 514 g/mol. The van der Waals surface area contributed by atoms with Crippen LogP contribution in [-0.4, -0.2) is 58.2 Å². The van der Waals surface area contributed by atoms with E-state index < -0.39 is 39.7 Å². The molecule has 5 atom stereocenters. The second-order valence-electron chi connectivity index (χ2n) is 9.43. The molecule has 0 amide bonds. The van der Waals surface area contributed by atoms with Crippen molar-refractivity contribution in [2.75, 3.05) is 12.3 Å². The monoisotopic (exact) mass is 513 g/mol. The maximum absolute atomic E-state index is 14.1. The minimum Gasteiger partial charge on any atom is -0.373 e. The molecule has 12 heteroatoms. The minimum absolute atomic E-state index is 0.0155. The van der Waals surface area contributed by atoms with Crippen LogP contribution in [0.2, 0.25) is 0 Å². The first-order chi connectivity index (χ1) is 16.5. The molecule has 1 aromatic carbocycles. The molecule has 2 saturated heterocycles. The molecule has 3 unspecified atom stereocenters. The van der Waals surface area contributed by atoms with Crippen LogP contribution in [0.3, 0.4) is 0 Å². The van der Waals surface area contributed by atoms with Gasteiger partial charge in [-0.05, 0) is 56.6 Å². The third kappa shape index (κ3) is 5.83. The SMILES string of the molecule is Cc1cnc(C(O)NCCS(=O)(=O)N2[C@@H]3CC[C@H]2CC(C(N)Cc2cc(F)c(F)cc2F)C3)cn1. The lowest BCUT2D eigenvalue weighted by Crippen LogP contribution is -2.51. The van der Waals surface area contributed by atoms with E-state index in [0.717, 1.165) is 6.07 Å². The van der Waals surface area contributed by atoms with Crippen LogP contribution in [0.1, 0.15) is 48.9 Å². The molecule has 0 saturated carbocycles. The summed E-state index contributed by atoms with van der Waals surface area (Å²) in [6, 6.07) is 0.430. The third-order valence-electron chi connectivity index (χ3n) is 6.95. The number of aliphatic hydroxyl groups excluding tert-OH is 1. The largest absolute Gasteiger partial charge is 0.373 e. The van der Waals surface area contributed by atoms with Crippen molar-refractivity contribution in [2.24, 2.45) is 11.7 Å². The summed E-state index contributed by atoms with van der Waals surface area (Å²) in [5, 5.41) is 13.0. The molecule has 1 aromatic heterocycles. The number of rotatable bonds is 9. The summed E-state index contributed by atoms with van der Waals surface area (Å²) in [7, 11) is -3.60. The molecule has 8 nitrogen and oxygen atoms in total. The van der Waals surface area contributed by atoms with Gasteiger partial charge in [-0.3, -0.25) is 15.3 Å². The van der Waals surface area contributed by atoms with Crippen molar-refractivity contribution in [1.82, 2.24) is 19.6 Å². The standard InChI is InChI=1S/C23H30F3N5O3S/c1-13-11-30-22(12-29-13)23(32)28-4-5-35(33,34)31-16-2-3-17(31)7-15(6-16)21(27)9-14-8-19(25)20(26)10-18(14)24/h8,10-12,15-17,21,23,28,32H,2-7,9,27H2,1H3/t15?,16-,17+,21?,23?. The Morgan fingerprint density at radius 1 is 1.11 bits per heavy atom. The summed E-state index contributed by atoms with van der Waals surface area (Å²) in [6.45, 7) is 1.81. The maximum Gasteiger partial charge on any atom is 0.215 e. The number of hydrogen-bond acceptors (Lipinski definition) is 7. The fourth-order valence-electron chi connectivity index (χ4n) is 5.20. The van der Waals surface area contributed by atoms with Gasteiger partial charge in [0.05, 0.1) is 17.6 Å². The number of nitrogens with two attached hydrogens (primary N) is 1. The zero-order valence-corrected chi connectivity index (χ0v) is 20.2. The van der Waals surface area contributed by atoms with Gasteiger partial charge in [-0.1, -0.05) is 0 Å². The molecule has 0 radical (unpaired) electrons. The van der Waals surface area contributed by atoms with Crippen LogP contribution in [0.15, 0.2) is 24.5 Å². The van der Waals surface area contributed by atoms with E-state index in [1.54, 1.807) is 11.2 Å². The second-order valence-corrected chi connectivity index (χ2v) is 11.4. The van der Waals surface area contributed by atoms with Crippen molar-refractivity contribution in [1.29, 1.82) is 0 Å². The van der Waals surface area contributed by atoms with Gasteiger partial charge in [0, 0.05) is 36.9 Å². The zero-order valence-electron chi connectivity index (χ0n) is 19.4. The molecule has 2 aliphatic rings. The summed E-state index contributed by atoms with van der Waals surface area (Å²) >= 11 is 0. The Hall–Kier alpha value is -2.12. The van der Waals surface area contributed by atoms with Crippen LogP contribution >= 0.6 is 0 Å². The Kier molecular flexibility index (Phi) is 7.77. The van der Waals surface area contributed by atoms with Crippen molar-refractivity contribution in [3.63, 3.8) is 0 Å². The Labute approximate surface area is 202 Å². The number of nitrogens with zero attached hydrogens (tertiary/aromatic N) is 3. The van der Waals surface area contributed by atoms with Crippen LogP contribution in [0.5, 0.6) is 0 Å². The molecule has 3 heterocycles. The van der Waals surface area contributed by atoms with Crippen molar-refractivity contribution in [2.45, 2.75) is 63.4 Å². The molecular formula is C23H30F3N5O3S. The number of piperidine rings is 1. The first-order valence-corrected chi connectivity index (χ1v) is 13.3. The van der Waals surface area contributed by atoms with Gasteiger partial charge in [0.2, 0.25) is 10.0 Å². The highest BCUT2D eigenvalue weighted by atomic mass is 32.2. The van der Waals surface area contributed by atoms with E-state index in [-0.39, 0.29) is 42.3 Å². The van der Waals surface area contributed by atoms with E-state index in [1.807, 2.05) is 0 Å². The van der Waals surface area contributed by atoms with Crippen molar-refractivity contribution in [3.05, 3.63) is 58.9 Å². The fourth-order valence-corrected chi connectivity index (χ4v) is 7.08. The van der Waals surface area contributed by atoms with Crippen molar-refractivity contribution < 1.29 is 26.7 Å². The van der Waals surface area contributed by atoms with E-state index in [9.17, 15) is 26.7 Å². The Balaban J connectivity index is 1.33. The highest BCUT2D eigenvalue weighted by Gasteiger charge is 2.47. The predicted octanol–water partition coefficient (Wildman–Crippen LogP) is 1.93. The minimum atomic E-state index is -3.60. The van der Waals surface area contributed by atoms with Gasteiger partial charge in [0.1, 0.15) is 17.7 Å². The normalized spacial score (nSPS) is 24.5. The number of fused-ring (bicyclic) bond motifs is 2. The molecule has 2 bridgehead atoms. The average Bonchev–Trinajstić information content (AvgIpc) is 3.08. The van der Waals surface area contributed by atoms with Crippen LogP contribution in [0.4, 0.5) is 13.2 Å². The number of halogens is 3. The highest BCUT2D eigenvalue weighted by molar-refractivity contribution is 7.89. The molecule has 4 rings (SSSR count). The molecule has 2 aliphatic heterocycles. The number of nitrogens with one attached hydrogen (secondary N) is 1. The summed E-state index contributed by atoms with van der Waals surface area (Å²) in [6.07, 6.45) is 4.34. The van der Waals surface area contributed by atoms with Gasteiger partial charge in [-0.15, -0.1) is 0 Å². The van der Waals surface area contributed by atoms with E-state index in [1.165, 1.54) is 12.4 Å². The van der Waals surface area contributed by atoms with Crippen LogP contribution in [0, 0.1) is 30.3 Å². The van der Waals surface area contributed by atoms with Crippen molar-refractivity contribution in [3.8, 4) is 0 Å². The van der Waals surface area contributed by atoms with Gasteiger partial charge in [-0.25, -0.2) is 21.6 Å².